The van der Waals surface area contributed by atoms with Gasteiger partial charge in [-0.15, -0.1) is 0 Å². The van der Waals surface area contributed by atoms with Crippen LogP contribution in [0.3, 0.4) is 0 Å². The number of aromatic nitrogens is 2. The molecule has 0 radical (unpaired) electrons. The average molecular weight is 310 g/mol. The number of carbonyl (C=O) groups excluding carboxylic acids is 1. The fourth-order valence-electron chi connectivity index (χ4n) is 1.91. The van der Waals surface area contributed by atoms with E-state index in [0.717, 1.165) is 12.8 Å². The molecule has 1 aromatic heterocycles. The number of amides is 1. The molecule has 110 valence electrons. The first-order valence-electron chi connectivity index (χ1n) is 6.65. The Hall–Kier alpha value is -1.95. The monoisotopic (exact) mass is 309 g/mol. The smallest absolute Gasteiger partial charge is 0.231 e. The van der Waals surface area contributed by atoms with Crippen molar-refractivity contribution in [2.24, 2.45) is 0 Å². The van der Waals surface area contributed by atoms with Gasteiger partial charge in [0.25, 0.3) is 0 Å². The number of nitrogens with zero attached hydrogens (tertiary/aromatic N) is 2. The molecular formula is C14H13ClFN3O2. The molecular weight excluding hydrogens is 297 g/mol. The Morgan fingerprint density at radius 3 is 3.00 bits per heavy atom. The molecule has 0 atom stereocenters. The molecule has 1 amide bonds. The van der Waals surface area contributed by atoms with Crippen LogP contribution < -0.4 is 5.32 Å². The molecule has 0 bridgehead atoms. The Kier molecular flexibility index (Phi) is 3.88. The molecule has 0 spiro atoms. The van der Waals surface area contributed by atoms with Gasteiger partial charge in [0.15, 0.2) is 5.82 Å². The lowest BCUT2D eigenvalue weighted by molar-refractivity contribution is -0.120. The summed E-state index contributed by atoms with van der Waals surface area (Å²) in [6.45, 7) is 0. The molecule has 3 rings (SSSR count). The summed E-state index contributed by atoms with van der Waals surface area (Å²) in [6, 6.07) is 4.43. The van der Waals surface area contributed by atoms with Crippen LogP contribution in [0.25, 0.3) is 0 Å². The molecule has 1 fully saturated rings. The molecule has 1 aromatic carbocycles. The van der Waals surface area contributed by atoms with Crippen molar-refractivity contribution in [2.45, 2.75) is 31.7 Å². The maximum absolute atomic E-state index is 13.0. The van der Waals surface area contributed by atoms with E-state index in [1.807, 2.05) is 0 Å². The zero-order valence-corrected chi connectivity index (χ0v) is 11.9. The van der Waals surface area contributed by atoms with Gasteiger partial charge >= 0.3 is 0 Å². The number of nitrogens with one attached hydrogen (secondary N) is 1. The summed E-state index contributed by atoms with van der Waals surface area (Å²) in [6.07, 6.45) is 2.46. The largest absolute Gasteiger partial charge is 0.353 e. The van der Waals surface area contributed by atoms with Crippen LogP contribution in [-0.4, -0.2) is 22.1 Å². The highest BCUT2D eigenvalue weighted by Gasteiger charge is 2.24. The number of hydrogen-bond donors (Lipinski definition) is 1. The summed E-state index contributed by atoms with van der Waals surface area (Å²) in [5, 5.41) is 6.92. The van der Waals surface area contributed by atoms with Gasteiger partial charge in [0.2, 0.25) is 11.8 Å². The van der Waals surface area contributed by atoms with E-state index >= 15 is 0 Å². The maximum atomic E-state index is 13.0. The minimum Gasteiger partial charge on any atom is -0.353 e. The van der Waals surface area contributed by atoms with Gasteiger partial charge in [0, 0.05) is 11.1 Å². The van der Waals surface area contributed by atoms with Crippen LogP contribution in [0.1, 0.15) is 30.1 Å². The van der Waals surface area contributed by atoms with Crippen molar-refractivity contribution in [3.8, 4) is 0 Å². The van der Waals surface area contributed by atoms with Gasteiger partial charge in [-0.05, 0) is 30.5 Å². The van der Waals surface area contributed by atoms with E-state index in [0.29, 0.717) is 34.8 Å². The topological polar surface area (TPSA) is 68.0 Å². The number of benzene rings is 1. The van der Waals surface area contributed by atoms with Gasteiger partial charge in [-0.2, -0.15) is 4.98 Å². The molecule has 1 N–H and O–H groups in total. The van der Waals surface area contributed by atoms with E-state index in [4.69, 9.17) is 16.1 Å². The fraction of sp³-hybridized carbons (Fsp3) is 0.357. The Morgan fingerprint density at radius 2 is 2.29 bits per heavy atom. The van der Waals surface area contributed by atoms with Crippen LogP contribution in [0.4, 0.5) is 4.39 Å². The van der Waals surface area contributed by atoms with E-state index in [1.54, 1.807) is 6.07 Å². The molecule has 2 aromatic rings. The minimum atomic E-state index is -0.397. The lowest BCUT2D eigenvalue weighted by Crippen LogP contribution is -2.27. The number of hydrogen-bond acceptors (Lipinski definition) is 4. The van der Waals surface area contributed by atoms with Crippen molar-refractivity contribution < 1.29 is 13.7 Å². The van der Waals surface area contributed by atoms with E-state index in [2.05, 4.69) is 15.5 Å². The predicted molar refractivity (Wildman–Crippen MR) is 73.4 cm³/mol. The molecule has 0 saturated heterocycles. The molecule has 7 heteroatoms. The van der Waals surface area contributed by atoms with Gasteiger partial charge < -0.3 is 9.84 Å². The van der Waals surface area contributed by atoms with Gasteiger partial charge in [-0.1, -0.05) is 22.8 Å². The first kappa shape index (κ1) is 14.0. The fourth-order valence-corrected chi connectivity index (χ4v) is 2.15. The minimum absolute atomic E-state index is 0.0944. The molecule has 1 saturated carbocycles. The highest BCUT2D eigenvalue weighted by molar-refractivity contribution is 6.31. The third-order valence-electron chi connectivity index (χ3n) is 3.13. The summed E-state index contributed by atoms with van der Waals surface area (Å²) in [7, 11) is 0. The summed E-state index contributed by atoms with van der Waals surface area (Å²) in [4.78, 5) is 15.8. The second-order valence-corrected chi connectivity index (χ2v) is 5.44. The summed E-state index contributed by atoms with van der Waals surface area (Å²) >= 11 is 5.94. The Labute approximate surface area is 125 Å². The molecule has 1 heterocycles. The van der Waals surface area contributed by atoms with E-state index in [1.165, 1.54) is 12.1 Å². The van der Waals surface area contributed by atoms with Crippen LogP contribution in [0.2, 0.25) is 5.02 Å². The zero-order valence-electron chi connectivity index (χ0n) is 11.1. The number of rotatable bonds is 5. The average Bonchev–Trinajstić information content (AvgIpc) is 3.12. The molecule has 1 aliphatic rings. The van der Waals surface area contributed by atoms with Crippen LogP contribution in [0.5, 0.6) is 0 Å². The van der Waals surface area contributed by atoms with Crippen LogP contribution in [0.15, 0.2) is 22.7 Å². The quantitative estimate of drug-likeness (QED) is 0.920. The standard InChI is InChI=1S/C14H13ClFN3O2/c15-11-6-9(16)2-1-8(11)5-14-18-12(19-21-14)7-13(20)17-10-3-4-10/h1-2,6,10H,3-5,7H2,(H,17,20). The van der Waals surface area contributed by atoms with Crippen molar-refractivity contribution in [3.05, 3.63) is 46.3 Å². The van der Waals surface area contributed by atoms with Crippen molar-refractivity contribution in [2.75, 3.05) is 0 Å². The second-order valence-electron chi connectivity index (χ2n) is 5.04. The maximum Gasteiger partial charge on any atom is 0.231 e. The Balaban J connectivity index is 1.62. The lowest BCUT2D eigenvalue weighted by atomic mass is 10.1. The third kappa shape index (κ3) is 3.78. The first-order valence-corrected chi connectivity index (χ1v) is 7.02. The Bertz CT molecular complexity index is 670. The number of halogens is 2. The van der Waals surface area contributed by atoms with Gasteiger partial charge in [0.1, 0.15) is 5.82 Å². The zero-order chi connectivity index (χ0) is 14.8. The molecule has 0 aliphatic heterocycles. The second kappa shape index (κ2) is 5.81. The van der Waals surface area contributed by atoms with Crippen LogP contribution in [0, 0.1) is 5.82 Å². The molecule has 1 aliphatic carbocycles. The SMILES string of the molecule is O=C(Cc1noc(Cc2ccc(F)cc2Cl)n1)NC1CC1. The lowest BCUT2D eigenvalue weighted by Gasteiger charge is -2.00. The van der Waals surface area contributed by atoms with Gasteiger partial charge in [-0.3, -0.25) is 4.79 Å². The van der Waals surface area contributed by atoms with Crippen molar-refractivity contribution in [1.29, 1.82) is 0 Å². The van der Waals surface area contributed by atoms with Gasteiger partial charge in [0.05, 0.1) is 12.8 Å². The van der Waals surface area contributed by atoms with Crippen molar-refractivity contribution >= 4 is 17.5 Å². The molecule has 5 nitrogen and oxygen atoms in total. The first-order chi connectivity index (χ1) is 10.1. The number of carbonyl (C=O) groups is 1. The highest BCUT2D eigenvalue weighted by atomic mass is 35.5. The summed E-state index contributed by atoms with van der Waals surface area (Å²) in [5.41, 5.74) is 0.690. The third-order valence-corrected chi connectivity index (χ3v) is 3.48. The normalized spacial score (nSPS) is 14.2. The highest BCUT2D eigenvalue weighted by Crippen LogP contribution is 2.20. The molecule has 0 unspecified atom stereocenters. The van der Waals surface area contributed by atoms with Crippen LogP contribution in [-0.2, 0) is 17.6 Å². The summed E-state index contributed by atoms with van der Waals surface area (Å²) in [5.74, 6) is 0.176. The summed E-state index contributed by atoms with van der Waals surface area (Å²) < 4.78 is 18.0. The van der Waals surface area contributed by atoms with Crippen LogP contribution >= 0.6 is 11.6 Å². The van der Waals surface area contributed by atoms with E-state index in [9.17, 15) is 9.18 Å². The van der Waals surface area contributed by atoms with Gasteiger partial charge in [-0.25, -0.2) is 4.39 Å². The van der Waals surface area contributed by atoms with E-state index < -0.39 is 5.82 Å². The van der Waals surface area contributed by atoms with E-state index in [-0.39, 0.29) is 12.3 Å². The van der Waals surface area contributed by atoms with Crippen molar-refractivity contribution in [3.63, 3.8) is 0 Å². The predicted octanol–water partition coefficient (Wildman–Crippen LogP) is 2.27. The Morgan fingerprint density at radius 1 is 1.48 bits per heavy atom. The van der Waals surface area contributed by atoms with Crippen molar-refractivity contribution in [1.82, 2.24) is 15.5 Å². The molecule has 21 heavy (non-hydrogen) atoms.